The summed E-state index contributed by atoms with van der Waals surface area (Å²) in [5.41, 5.74) is 1.53. The van der Waals surface area contributed by atoms with E-state index in [1.807, 2.05) is 12.1 Å². The maximum absolute atomic E-state index is 8.52. The van der Waals surface area contributed by atoms with Gasteiger partial charge in [-0.2, -0.15) is 5.26 Å². The molecule has 0 amide bonds. The van der Waals surface area contributed by atoms with Crippen LogP contribution in [-0.4, -0.2) is 11.6 Å². The first-order chi connectivity index (χ1) is 5.90. The third-order valence-corrected chi connectivity index (χ3v) is 1.94. The van der Waals surface area contributed by atoms with Crippen molar-refractivity contribution in [2.24, 2.45) is 0 Å². The Labute approximate surface area is 70.6 Å². The molecule has 1 saturated heterocycles. The highest BCUT2D eigenvalue weighted by Crippen LogP contribution is 2.27. The Hall–Kier alpha value is -1.40. The fourth-order valence-electron chi connectivity index (χ4n) is 1.13. The van der Waals surface area contributed by atoms with E-state index >= 15 is 0 Å². The van der Waals surface area contributed by atoms with Crippen molar-refractivity contribution in [3.63, 3.8) is 0 Å². The predicted octanol–water partition coefficient (Wildman–Crippen LogP) is 1.41. The standard InChI is InChI=1S/C9H8N2O/c10-5-7-1-2-8(11-6-7)9-3-4-12-9/h1-2,6,9H,3-4H2. The molecule has 1 atom stereocenters. The van der Waals surface area contributed by atoms with E-state index in [0.717, 1.165) is 18.7 Å². The summed E-state index contributed by atoms with van der Waals surface area (Å²) in [7, 11) is 0. The van der Waals surface area contributed by atoms with E-state index in [1.54, 1.807) is 12.3 Å². The van der Waals surface area contributed by atoms with Gasteiger partial charge in [0.1, 0.15) is 12.2 Å². The van der Waals surface area contributed by atoms with E-state index < -0.39 is 0 Å². The van der Waals surface area contributed by atoms with Gasteiger partial charge in [0.25, 0.3) is 0 Å². The van der Waals surface area contributed by atoms with Gasteiger partial charge < -0.3 is 4.74 Å². The molecule has 0 saturated carbocycles. The van der Waals surface area contributed by atoms with Gasteiger partial charge in [-0.1, -0.05) is 0 Å². The maximum Gasteiger partial charge on any atom is 0.102 e. The zero-order chi connectivity index (χ0) is 8.39. The number of hydrogen-bond acceptors (Lipinski definition) is 3. The highest BCUT2D eigenvalue weighted by molar-refractivity contribution is 5.27. The largest absolute Gasteiger partial charge is 0.372 e. The van der Waals surface area contributed by atoms with E-state index in [0.29, 0.717) is 5.56 Å². The van der Waals surface area contributed by atoms with Gasteiger partial charge in [-0.05, 0) is 12.1 Å². The SMILES string of the molecule is N#Cc1ccc(C2CCO2)nc1. The molecule has 1 aromatic rings. The maximum atomic E-state index is 8.52. The third-order valence-electron chi connectivity index (χ3n) is 1.94. The van der Waals surface area contributed by atoms with Crippen molar-refractivity contribution >= 4 is 0 Å². The zero-order valence-corrected chi connectivity index (χ0v) is 6.53. The molecule has 1 aliphatic heterocycles. The Bertz CT molecular complexity index is 308. The molecule has 3 heteroatoms. The molecule has 0 radical (unpaired) electrons. The lowest BCUT2D eigenvalue weighted by Crippen LogP contribution is -2.19. The van der Waals surface area contributed by atoms with Gasteiger partial charge in [0, 0.05) is 12.6 Å². The second kappa shape index (κ2) is 2.92. The number of nitriles is 1. The lowest BCUT2D eigenvalue weighted by atomic mass is 10.1. The Morgan fingerprint density at radius 3 is 2.83 bits per heavy atom. The minimum Gasteiger partial charge on any atom is -0.372 e. The Kier molecular flexibility index (Phi) is 1.77. The summed E-state index contributed by atoms with van der Waals surface area (Å²) in [4.78, 5) is 4.12. The van der Waals surface area contributed by atoms with Crippen LogP contribution in [0.4, 0.5) is 0 Å². The number of ether oxygens (including phenoxy) is 1. The van der Waals surface area contributed by atoms with Crippen molar-refractivity contribution < 1.29 is 4.74 Å². The minimum atomic E-state index is 0.165. The van der Waals surface area contributed by atoms with Crippen molar-refractivity contribution in [3.05, 3.63) is 29.6 Å². The van der Waals surface area contributed by atoms with Gasteiger partial charge in [0.15, 0.2) is 0 Å². The van der Waals surface area contributed by atoms with Crippen LogP contribution >= 0.6 is 0 Å². The number of rotatable bonds is 1. The summed E-state index contributed by atoms with van der Waals surface area (Å²) in [6.07, 6.45) is 2.79. The van der Waals surface area contributed by atoms with E-state index in [2.05, 4.69) is 4.98 Å². The molecule has 1 fully saturated rings. The van der Waals surface area contributed by atoms with E-state index in [9.17, 15) is 0 Å². The number of hydrogen-bond donors (Lipinski definition) is 0. The number of aromatic nitrogens is 1. The van der Waals surface area contributed by atoms with Crippen LogP contribution in [0.3, 0.4) is 0 Å². The van der Waals surface area contributed by atoms with Crippen molar-refractivity contribution in [1.82, 2.24) is 4.98 Å². The van der Waals surface area contributed by atoms with E-state index in [-0.39, 0.29) is 6.10 Å². The van der Waals surface area contributed by atoms with Gasteiger partial charge >= 0.3 is 0 Å². The topological polar surface area (TPSA) is 45.9 Å². The predicted molar refractivity (Wildman–Crippen MR) is 42.3 cm³/mol. The molecule has 0 N–H and O–H groups in total. The average molecular weight is 160 g/mol. The summed E-state index contributed by atoms with van der Waals surface area (Å²) >= 11 is 0. The lowest BCUT2D eigenvalue weighted by molar-refractivity contribution is -0.0552. The highest BCUT2D eigenvalue weighted by atomic mass is 16.5. The molecule has 2 rings (SSSR count). The van der Waals surface area contributed by atoms with E-state index in [1.165, 1.54) is 0 Å². The molecule has 2 heterocycles. The molecule has 0 spiro atoms. The van der Waals surface area contributed by atoms with Crippen LogP contribution in [-0.2, 0) is 4.74 Å². The summed E-state index contributed by atoms with van der Waals surface area (Å²) in [6.45, 7) is 0.826. The smallest absolute Gasteiger partial charge is 0.102 e. The molecule has 1 aliphatic rings. The molecular weight excluding hydrogens is 152 g/mol. The average Bonchev–Trinajstić information content (AvgIpc) is 2.03. The molecule has 12 heavy (non-hydrogen) atoms. The van der Waals surface area contributed by atoms with Crippen LogP contribution < -0.4 is 0 Å². The summed E-state index contributed by atoms with van der Waals surface area (Å²) in [6, 6.07) is 5.64. The van der Waals surface area contributed by atoms with Gasteiger partial charge in [-0.15, -0.1) is 0 Å². The van der Waals surface area contributed by atoms with Crippen LogP contribution in [0.15, 0.2) is 18.3 Å². The van der Waals surface area contributed by atoms with Gasteiger partial charge in [0.05, 0.1) is 17.9 Å². The Balaban J connectivity index is 2.19. The second-order valence-corrected chi connectivity index (χ2v) is 2.73. The van der Waals surface area contributed by atoms with Crippen LogP contribution in [0.25, 0.3) is 0 Å². The van der Waals surface area contributed by atoms with Crippen molar-refractivity contribution in [2.75, 3.05) is 6.61 Å². The summed E-state index contributed by atoms with van der Waals surface area (Å²) in [5, 5.41) is 8.52. The van der Waals surface area contributed by atoms with Crippen LogP contribution in [0.2, 0.25) is 0 Å². The van der Waals surface area contributed by atoms with Gasteiger partial charge in [-0.25, -0.2) is 0 Å². The molecule has 0 bridgehead atoms. The summed E-state index contributed by atoms with van der Waals surface area (Å²) < 4.78 is 5.24. The molecule has 0 aromatic carbocycles. The highest BCUT2D eigenvalue weighted by Gasteiger charge is 2.20. The molecule has 3 nitrogen and oxygen atoms in total. The lowest BCUT2D eigenvalue weighted by Gasteiger charge is -2.25. The van der Waals surface area contributed by atoms with Crippen LogP contribution in [0.5, 0.6) is 0 Å². The fraction of sp³-hybridized carbons (Fsp3) is 0.333. The molecule has 1 aromatic heterocycles. The Morgan fingerprint density at radius 2 is 2.42 bits per heavy atom. The second-order valence-electron chi connectivity index (χ2n) is 2.73. The third kappa shape index (κ3) is 1.17. The van der Waals surface area contributed by atoms with Crippen molar-refractivity contribution in [3.8, 4) is 6.07 Å². The van der Waals surface area contributed by atoms with Gasteiger partial charge in [-0.3, -0.25) is 4.98 Å². The summed E-state index contributed by atoms with van der Waals surface area (Å²) in [5.74, 6) is 0. The minimum absolute atomic E-state index is 0.165. The van der Waals surface area contributed by atoms with E-state index in [4.69, 9.17) is 10.00 Å². The van der Waals surface area contributed by atoms with Crippen molar-refractivity contribution in [2.45, 2.75) is 12.5 Å². The fourth-order valence-corrected chi connectivity index (χ4v) is 1.13. The molecule has 60 valence electrons. The quantitative estimate of drug-likeness (QED) is 0.624. The number of nitrogens with zero attached hydrogens (tertiary/aromatic N) is 2. The van der Waals surface area contributed by atoms with Gasteiger partial charge in [0.2, 0.25) is 0 Å². The monoisotopic (exact) mass is 160 g/mol. The van der Waals surface area contributed by atoms with Crippen LogP contribution in [0.1, 0.15) is 23.8 Å². The Morgan fingerprint density at radius 1 is 1.58 bits per heavy atom. The normalized spacial score (nSPS) is 21.1. The first kappa shape index (κ1) is 7.26. The number of pyridine rings is 1. The first-order valence-corrected chi connectivity index (χ1v) is 3.88. The zero-order valence-electron chi connectivity index (χ0n) is 6.53. The molecule has 1 unspecified atom stereocenters. The first-order valence-electron chi connectivity index (χ1n) is 3.88. The molecule has 0 aliphatic carbocycles. The van der Waals surface area contributed by atoms with Crippen molar-refractivity contribution in [1.29, 1.82) is 5.26 Å². The molecular formula is C9H8N2O. The van der Waals surface area contributed by atoms with Crippen LogP contribution in [0, 0.1) is 11.3 Å².